The molecule has 18 heavy (non-hydrogen) atoms. The van der Waals surface area contributed by atoms with Gasteiger partial charge in [0.2, 0.25) is 5.89 Å². The Hall–Kier alpha value is -1.73. The van der Waals surface area contributed by atoms with E-state index < -0.39 is 10.1 Å². The molecule has 1 aromatic carbocycles. The van der Waals surface area contributed by atoms with Crippen LogP contribution in [0.5, 0.6) is 0 Å². The fourth-order valence-corrected chi connectivity index (χ4v) is 1.60. The zero-order valence-corrected chi connectivity index (χ0v) is 10.3. The summed E-state index contributed by atoms with van der Waals surface area (Å²) < 4.78 is 44.2. The van der Waals surface area contributed by atoms with Crippen molar-refractivity contribution in [1.82, 2.24) is 4.98 Å². The molecular formula is C11H10FNO4S. The molecule has 2 rings (SSSR count). The van der Waals surface area contributed by atoms with Gasteiger partial charge < -0.3 is 4.42 Å². The highest BCUT2D eigenvalue weighted by molar-refractivity contribution is 7.85. The van der Waals surface area contributed by atoms with E-state index >= 15 is 0 Å². The third-order valence-electron chi connectivity index (χ3n) is 2.06. The fraction of sp³-hybridized carbons (Fsp3) is 0.182. The molecule has 1 aromatic heterocycles. The Morgan fingerprint density at radius 3 is 2.61 bits per heavy atom. The van der Waals surface area contributed by atoms with Gasteiger partial charge in [-0.05, 0) is 24.3 Å². The molecule has 0 fully saturated rings. The maximum absolute atomic E-state index is 12.7. The minimum Gasteiger partial charge on any atom is -0.439 e. The Labute approximate surface area is 103 Å². The fourth-order valence-electron chi connectivity index (χ4n) is 1.27. The summed E-state index contributed by atoms with van der Waals surface area (Å²) in [5.41, 5.74) is 0.599. The van der Waals surface area contributed by atoms with E-state index in [1.54, 1.807) is 0 Å². The molecule has 1 heterocycles. The number of hydrogen-bond acceptors (Lipinski definition) is 5. The van der Waals surface area contributed by atoms with Crippen molar-refractivity contribution < 1.29 is 21.4 Å². The summed E-state index contributed by atoms with van der Waals surface area (Å²) in [6.45, 7) is -0.215. The lowest BCUT2D eigenvalue weighted by Crippen LogP contribution is -2.01. The van der Waals surface area contributed by atoms with E-state index in [0.29, 0.717) is 5.56 Å². The van der Waals surface area contributed by atoms with E-state index in [1.165, 1.54) is 30.5 Å². The van der Waals surface area contributed by atoms with Crippen LogP contribution in [0.3, 0.4) is 0 Å². The van der Waals surface area contributed by atoms with Gasteiger partial charge in [-0.3, -0.25) is 4.18 Å². The largest absolute Gasteiger partial charge is 0.439 e. The van der Waals surface area contributed by atoms with E-state index in [4.69, 9.17) is 4.42 Å². The molecule has 0 N–H and O–H groups in total. The molecule has 0 radical (unpaired) electrons. The van der Waals surface area contributed by atoms with Crippen molar-refractivity contribution in [2.45, 2.75) is 6.61 Å². The molecule has 0 aliphatic heterocycles. The van der Waals surface area contributed by atoms with Gasteiger partial charge in [-0.15, -0.1) is 0 Å². The zero-order chi connectivity index (χ0) is 13.2. The summed E-state index contributed by atoms with van der Waals surface area (Å²) in [6.07, 6.45) is 2.31. The Bertz CT molecular complexity index is 633. The molecule has 0 aliphatic rings. The van der Waals surface area contributed by atoms with Crippen molar-refractivity contribution in [2.75, 3.05) is 6.26 Å². The van der Waals surface area contributed by atoms with Gasteiger partial charge in [0.1, 0.15) is 12.4 Å². The summed E-state index contributed by atoms with van der Waals surface area (Å²) in [5, 5.41) is 0. The Balaban J connectivity index is 2.13. The van der Waals surface area contributed by atoms with Gasteiger partial charge >= 0.3 is 0 Å². The first-order chi connectivity index (χ1) is 8.44. The van der Waals surface area contributed by atoms with Gasteiger partial charge in [0.05, 0.1) is 12.5 Å². The standard InChI is InChI=1S/C11H10FNO4S/c1-18(14,15)16-7-10-6-13-11(17-10)8-2-4-9(12)5-3-8/h2-6H,7H2,1H3. The molecule has 7 heteroatoms. The number of oxazole rings is 1. The van der Waals surface area contributed by atoms with E-state index in [9.17, 15) is 12.8 Å². The van der Waals surface area contributed by atoms with Crippen LogP contribution in [0.2, 0.25) is 0 Å². The van der Waals surface area contributed by atoms with Crippen molar-refractivity contribution >= 4 is 10.1 Å². The number of hydrogen-bond donors (Lipinski definition) is 0. The predicted octanol–water partition coefficient (Wildman–Crippen LogP) is 1.96. The highest BCUT2D eigenvalue weighted by Gasteiger charge is 2.09. The second-order valence-electron chi connectivity index (χ2n) is 3.60. The highest BCUT2D eigenvalue weighted by atomic mass is 32.2. The van der Waals surface area contributed by atoms with Gasteiger partial charge in [0.15, 0.2) is 5.76 Å². The SMILES string of the molecule is CS(=O)(=O)OCc1cnc(-c2ccc(F)cc2)o1. The number of nitrogens with zero attached hydrogens (tertiary/aromatic N) is 1. The van der Waals surface area contributed by atoms with Gasteiger partial charge in [0.25, 0.3) is 10.1 Å². The highest BCUT2D eigenvalue weighted by Crippen LogP contribution is 2.19. The zero-order valence-electron chi connectivity index (χ0n) is 9.46. The van der Waals surface area contributed by atoms with Crippen LogP contribution >= 0.6 is 0 Å². The van der Waals surface area contributed by atoms with Gasteiger partial charge in [-0.1, -0.05) is 0 Å². The second kappa shape index (κ2) is 4.87. The number of rotatable bonds is 4. The average molecular weight is 271 g/mol. The molecule has 0 saturated carbocycles. The Morgan fingerprint density at radius 1 is 1.33 bits per heavy atom. The monoisotopic (exact) mass is 271 g/mol. The number of aromatic nitrogens is 1. The number of halogens is 1. The van der Waals surface area contributed by atoms with Crippen molar-refractivity contribution in [3.63, 3.8) is 0 Å². The lowest BCUT2D eigenvalue weighted by atomic mass is 10.2. The maximum Gasteiger partial charge on any atom is 0.264 e. The minimum absolute atomic E-state index is 0.215. The first-order valence-electron chi connectivity index (χ1n) is 4.99. The molecule has 0 aliphatic carbocycles. The average Bonchev–Trinajstić information content (AvgIpc) is 2.75. The van der Waals surface area contributed by atoms with Crippen molar-refractivity contribution in [3.05, 3.63) is 42.0 Å². The lowest BCUT2D eigenvalue weighted by Gasteiger charge is -1.97. The summed E-state index contributed by atoms with van der Waals surface area (Å²) in [6, 6.07) is 5.60. The van der Waals surface area contributed by atoms with Crippen LogP contribution in [0.25, 0.3) is 11.5 Å². The molecule has 0 spiro atoms. The minimum atomic E-state index is -3.52. The third-order valence-corrected chi connectivity index (χ3v) is 2.61. The van der Waals surface area contributed by atoms with Crippen LogP contribution in [-0.2, 0) is 20.9 Å². The van der Waals surface area contributed by atoms with E-state index in [1.807, 2.05) is 0 Å². The van der Waals surface area contributed by atoms with Crippen molar-refractivity contribution in [1.29, 1.82) is 0 Å². The lowest BCUT2D eigenvalue weighted by molar-refractivity contribution is 0.279. The molecule has 5 nitrogen and oxygen atoms in total. The van der Waals surface area contributed by atoms with Crippen LogP contribution < -0.4 is 0 Å². The Kier molecular flexibility index (Phi) is 3.44. The van der Waals surface area contributed by atoms with Crippen molar-refractivity contribution in [2.24, 2.45) is 0 Å². The van der Waals surface area contributed by atoms with E-state index in [2.05, 4.69) is 9.17 Å². The van der Waals surface area contributed by atoms with E-state index in [-0.39, 0.29) is 24.1 Å². The Morgan fingerprint density at radius 2 is 2.00 bits per heavy atom. The van der Waals surface area contributed by atoms with Crippen molar-refractivity contribution in [3.8, 4) is 11.5 Å². The molecule has 96 valence electrons. The van der Waals surface area contributed by atoms with E-state index in [0.717, 1.165) is 6.26 Å². The first kappa shape index (κ1) is 12.7. The summed E-state index contributed by atoms with van der Waals surface area (Å²) in [5.74, 6) is 0.202. The van der Waals surface area contributed by atoms with Crippen LogP contribution in [0.1, 0.15) is 5.76 Å². The van der Waals surface area contributed by atoms with Gasteiger partial charge in [-0.25, -0.2) is 9.37 Å². The maximum atomic E-state index is 12.7. The molecule has 2 aromatic rings. The predicted molar refractivity (Wildman–Crippen MR) is 61.5 cm³/mol. The quantitative estimate of drug-likeness (QED) is 0.795. The topological polar surface area (TPSA) is 69.4 Å². The first-order valence-corrected chi connectivity index (χ1v) is 6.81. The van der Waals surface area contributed by atoms with Gasteiger partial charge in [-0.2, -0.15) is 8.42 Å². The normalized spacial score (nSPS) is 11.7. The molecule has 0 bridgehead atoms. The summed E-state index contributed by atoms with van der Waals surface area (Å²) in [4.78, 5) is 3.95. The smallest absolute Gasteiger partial charge is 0.264 e. The molecule has 0 saturated heterocycles. The summed E-state index contributed by atoms with van der Waals surface area (Å²) in [7, 11) is -3.52. The molecule has 0 amide bonds. The van der Waals surface area contributed by atoms with Crippen LogP contribution in [0.15, 0.2) is 34.9 Å². The van der Waals surface area contributed by atoms with Gasteiger partial charge in [0, 0.05) is 5.56 Å². The third kappa shape index (κ3) is 3.38. The summed E-state index contributed by atoms with van der Waals surface area (Å²) >= 11 is 0. The number of benzene rings is 1. The van der Waals surface area contributed by atoms with Crippen LogP contribution in [-0.4, -0.2) is 19.7 Å². The van der Waals surface area contributed by atoms with Crippen LogP contribution in [0.4, 0.5) is 4.39 Å². The second-order valence-corrected chi connectivity index (χ2v) is 5.25. The molecular weight excluding hydrogens is 261 g/mol. The molecule has 0 atom stereocenters. The van der Waals surface area contributed by atoms with Crippen LogP contribution in [0, 0.1) is 5.82 Å². The molecule has 0 unspecified atom stereocenters.